The molecule has 0 aliphatic rings. The van der Waals surface area contributed by atoms with Crippen molar-refractivity contribution in [3.63, 3.8) is 0 Å². The lowest BCUT2D eigenvalue weighted by molar-refractivity contribution is 0.400. The predicted octanol–water partition coefficient (Wildman–Crippen LogP) is 2.96. The number of ether oxygens (including phenoxy) is 1. The number of pyridine rings is 1. The van der Waals surface area contributed by atoms with E-state index in [9.17, 15) is 8.42 Å². The van der Waals surface area contributed by atoms with Crippen LogP contribution in [0.2, 0.25) is 5.02 Å². The molecule has 0 saturated heterocycles. The summed E-state index contributed by atoms with van der Waals surface area (Å²) in [7, 11) is -2.40. The molecule has 0 saturated carbocycles. The average molecular weight is 341 g/mol. The van der Waals surface area contributed by atoms with Crippen LogP contribution in [-0.2, 0) is 15.6 Å². The van der Waals surface area contributed by atoms with Crippen LogP contribution in [0, 0.1) is 0 Å². The highest BCUT2D eigenvalue weighted by atomic mass is 35.5. The molecular formula is C15H17ClN2O3S. The highest BCUT2D eigenvalue weighted by Gasteiger charge is 2.30. The van der Waals surface area contributed by atoms with Crippen LogP contribution in [0.4, 0.5) is 0 Å². The largest absolute Gasteiger partial charge is 0.495 e. The van der Waals surface area contributed by atoms with E-state index in [0.29, 0.717) is 5.02 Å². The van der Waals surface area contributed by atoms with Gasteiger partial charge in [-0.05, 0) is 49.7 Å². The zero-order valence-electron chi connectivity index (χ0n) is 12.5. The molecule has 0 atom stereocenters. The number of benzene rings is 1. The molecule has 0 aliphatic carbocycles. The third-order valence-electron chi connectivity index (χ3n) is 3.21. The fourth-order valence-electron chi connectivity index (χ4n) is 2.08. The van der Waals surface area contributed by atoms with E-state index in [1.807, 2.05) is 0 Å². The Morgan fingerprint density at radius 3 is 2.41 bits per heavy atom. The lowest BCUT2D eigenvalue weighted by atomic mass is 9.97. The van der Waals surface area contributed by atoms with Crippen molar-refractivity contribution >= 4 is 21.6 Å². The summed E-state index contributed by atoms with van der Waals surface area (Å²) in [4.78, 5) is 3.94. The first-order valence-corrected chi connectivity index (χ1v) is 8.40. The van der Waals surface area contributed by atoms with Crippen molar-refractivity contribution < 1.29 is 13.2 Å². The summed E-state index contributed by atoms with van der Waals surface area (Å²) in [5.74, 6) is 0.238. The highest BCUT2D eigenvalue weighted by molar-refractivity contribution is 7.89. The summed E-state index contributed by atoms with van der Waals surface area (Å²) in [6.45, 7) is 3.55. The van der Waals surface area contributed by atoms with Gasteiger partial charge in [-0.1, -0.05) is 11.6 Å². The minimum atomic E-state index is -3.81. The summed E-state index contributed by atoms with van der Waals surface area (Å²) in [6.07, 6.45) is 3.23. The van der Waals surface area contributed by atoms with Gasteiger partial charge in [0.05, 0.1) is 12.6 Å². The van der Waals surface area contributed by atoms with Gasteiger partial charge in [0.25, 0.3) is 0 Å². The Bertz CT molecular complexity index is 762. The van der Waals surface area contributed by atoms with Crippen LogP contribution in [0.5, 0.6) is 5.75 Å². The summed E-state index contributed by atoms with van der Waals surface area (Å²) in [6, 6.07) is 7.99. The fraction of sp³-hybridized carbons (Fsp3) is 0.267. The Kier molecular flexibility index (Phi) is 4.75. The second kappa shape index (κ2) is 6.24. The van der Waals surface area contributed by atoms with E-state index in [1.54, 1.807) is 44.4 Å². The van der Waals surface area contributed by atoms with Crippen LogP contribution >= 0.6 is 11.6 Å². The molecular weight excluding hydrogens is 324 g/mol. The molecule has 2 aromatic rings. The number of hydrogen-bond acceptors (Lipinski definition) is 4. The van der Waals surface area contributed by atoms with E-state index in [1.165, 1.54) is 19.2 Å². The van der Waals surface area contributed by atoms with Crippen molar-refractivity contribution in [3.8, 4) is 5.75 Å². The summed E-state index contributed by atoms with van der Waals surface area (Å²) in [5.41, 5.74) is -0.0122. The maximum Gasteiger partial charge on any atom is 0.245 e. The lowest BCUT2D eigenvalue weighted by Gasteiger charge is -2.26. The van der Waals surface area contributed by atoms with Crippen LogP contribution in [0.25, 0.3) is 0 Å². The molecule has 0 spiro atoms. The molecule has 1 heterocycles. The van der Waals surface area contributed by atoms with Crippen LogP contribution in [0.15, 0.2) is 47.6 Å². The van der Waals surface area contributed by atoms with Gasteiger partial charge in [0.1, 0.15) is 10.6 Å². The van der Waals surface area contributed by atoms with E-state index in [-0.39, 0.29) is 10.6 Å². The molecule has 22 heavy (non-hydrogen) atoms. The molecule has 0 radical (unpaired) electrons. The SMILES string of the molecule is COc1ccc(Cl)cc1S(=O)(=O)NC(C)(C)c1ccncc1. The lowest BCUT2D eigenvalue weighted by Crippen LogP contribution is -2.41. The molecule has 1 N–H and O–H groups in total. The van der Waals surface area contributed by atoms with E-state index in [4.69, 9.17) is 16.3 Å². The molecule has 1 aromatic heterocycles. The monoisotopic (exact) mass is 340 g/mol. The van der Waals surface area contributed by atoms with E-state index < -0.39 is 15.6 Å². The van der Waals surface area contributed by atoms with Gasteiger partial charge in [-0.2, -0.15) is 0 Å². The Morgan fingerprint density at radius 2 is 1.82 bits per heavy atom. The Labute approximate surface area is 135 Å². The molecule has 5 nitrogen and oxygen atoms in total. The van der Waals surface area contributed by atoms with Gasteiger partial charge in [-0.25, -0.2) is 13.1 Å². The number of hydrogen-bond donors (Lipinski definition) is 1. The Balaban J connectivity index is 2.42. The number of nitrogens with one attached hydrogen (secondary N) is 1. The van der Waals surface area contributed by atoms with Crippen molar-refractivity contribution in [2.24, 2.45) is 0 Å². The van der Waals surface area contributed by atoms with E-state index in [0.717, 1.165) is 5.56 Å². The first-order chi connectivity index (χ1) is 10.3. The number of methoxy groups -OCH3 is 1. The van der Waals surface area contributed by atoms with Gasteiger partial charge in [0.2, 0.25) is 10.0 Å². The van der Waals surface area contributed by atoms with Crippen LogP contribution in [0.1, 0.15) is 19.4 Å². The van der Waals surface area contributed by atoms with Gasteiger partial charge in [0, 0.05) is 17.4 Å². The molecule has 118 valence electrons. The Hall–Kier alpha value is -1.63. The number of sulfonamides is 1. The molecule has 0 fully saturated rings. The van der Waals surface area contributed by atoms with Gasteiger partial charge in [0.15, 0.2) is 0 Å². The minimum Gasteiger partial charge on any atom is -0.495 e. The molecule has 0 unspecified atom stereocenters. The maximum atomic E-state index is 12.7. The number of nitrogens with zero attached hydrogens (tertiary/aromatic N) is 1. The standard InChI is InChI=1S/C15H17ClN2O3S/c1-15(2,11-6-8-17-9-7-11)18-22(19,20)14-10-12(16)4-5-13(14)21-3/h4-10,18H,1-3H3. The van der Waals surface area contributed by atoms with Gasteiger partial charge >= 0.3 is 0 Å². The number of rotatable bonds is 5. The van der Waals surface area contributed by atoms with Gasteiger partial charge in [-0.15, -0.1) is 0 Å². The van der Waals surface area contributed by atoms with E-state index >= 15 is 0 Å². The molecule has 1 aromatic carbocycles. The van der Waals surface area contributed by atoms with Gasteiger partial charge in [-0.3, -0.25) is 4.98 Å². The number of halogens is 1. The van der Waals surface area contributed by atoms with Crippen LogP contribution < -0.4 is 9.46 Å². The second-order valence-corrected chi connectivity index (χ2v) is 7.35. The van der Waals surface area contributed by atoms with Crippen LogP contribution in [-0.4, -0.2) is 20.5 Å². The van der Waals surface area contributed by atoms with Crippen LogP contribution in [0.3, 0.4) is 0 Å². The summed E-state index contributed by atoms with van der Waals surface area (Å²) >= 11 is 5.91. The molecule has 7 heteroatoms. The van der Waals surface area contributed by atoms with Crippen molar-refractivity contribution in [2.75, 3.05) is 7.11 Å². The predicted molar refractivity (Wildman–Crippen MR) is 85.6 cm³/mol. The topological polar surface area (TPSA) is 68.3 Å². The van der Waals surface area contributed by atoms with E-state index in [2.05, 4.69) is 9.71 Å². The number of aromatic nitrogens is 1. The molecule has 0 bridgehead atoms. The first kappa shape index (κ1) is 16.7. The molecule has 0 aliphatic heterocycles. The molecule has 2 rings (SSSR count). The third-order valence-corrected chi connectivity index (χ3v) is 5.12. The van der Waals surface area contributed by atoms with Gasteiger partial charge < -0.3 is 4.74 Å². The minimum absolute atomic E-state index is 0.00429. The summed E-state index contributed by atoms with van der Waals surface area (Å²) in [5, 5.41) is 0.322. The maximum absolute atomic E-state index is 12.7. The fourth-order valence-corrected chi connectivity index (χ4v) is 3.91. The third kappa shape index (κ3) is 3.58. The summed E-state index contributed by atoms with van der Waals surface area (Å²) < 4.78 is 33.2. The van der Waals surface area contributed by atoms with Crippen molar-refractivity contribution in [2.45, 2.75) is 24.3 Å². The van der Waals surface area contributed by atoms with Crippen molar-refractivity contribution in [3.05, 3.63) is 53.3 Å². The highest BCUT2D eigenvalue weighted by Crippen LogP contribution is 2.29. The zero-order valence-corrected chi connectivity index (χ0v) is 14.1. The quantitative estimate of drug-likeness (QED) is 0.908. The smallest absolute Gasteiger partial charge is 0.245 e. The zero-order chi connectivity index (χ0) is 16.4. The Morgan fingerprint density at radius 1 is 1.18 bits per heavy atom. The average Bonchev–Trinajstić information content (AvgIpc) is 2.47. The first-order valence-electron chi connectivity index (χ1n) is 6.54. The molecule has 0 amide bonds. The second-order valence-electron chi connectivity index (χ2n) is 5.26. The van der Waals surface area contributed by atoms with Crippen molar-refractivity contribution in [1.82, 2.24) is 9.71 Å². The van der Waals surface area contributed by atoms with Crippen molar-refractivity contribution in [1.29, 1.82) is 0 Å². The normalized spacial score (nSPS) is 12.2.